The van der Waals surface area contributed by atoms with E-state index in [2.05, 4.69) is 14.9 Å². The van der Waals surface area contributed by atoms with Gasteiger partial charge in [0.2, 0.25) is 5.95 Å². The molecule has 1 atom stereocenters. The van der Waals surface area contributed by atoms with Gasteiger partial charge in [-0.2, -0.15) is 13.2 Å². The molecule has 2 saturated heterocycles. The molecule has 2 aromatic rings. The smallest absolute Gasteiger partial charge is 0.338 e. The van der Waals surface area contributed by atoms with Gasteiger partial charge in [-0.1, -0.05) is 11.6 Å². The van der Waals surface area contributed by atoms with E-state index in [9.17, 15) is 21.6 Å². The zero-order valence-corrected chi connectivity index (χ0v) is 18.9. The minimum atomic E-state index is -4.47. The maximum absolute atomic E-state index is 12.8. The molecule has 170 valence electrons. The molecule has 0 aliphatic carbocycles. The molecule has 2 aliphatic rings. The van der Waals surface area contributed by atoms with Gasteiger partial charge in [0.1, 0.15) is 9.84 Å². The molecule has 31 heavy (non-hydrogen) atoms. The third kappa shape index (κ3) is 5.50. The fourth-order valence-electron chi connectivity index (χ4n) is 4.08. The van der Waals surface area contributed by atoms with Crippen molar-refractivity contribution in [2.45, 2.75) is 25.1 Å². The van der Waals surface area contributed by atoms with E-state index in [0.717, 1.165) is 23.8 Å². The van der Waals surface area contributed by atoms with Crippen molar-refractivity contribution in [2.24, 2.45) is 5.92 Å². The van der Waals surface area contributed by atoms with E-state index in [0.29, 0.717) is 42.7 Å². The van der Waals surface area contributed by atoms with Crippen LogP contribution in [0.1, 0.15) is 29.3 Å². The van der Waals surface area contributed by atoms with E-state index in [1.807, 2.05) is 17.0 Å². The van der Waals surface area contributed by atoms with E-state index < -0.39 is 21.6 Å². The van der Waals surface area contributed by atoms with Crippen LogP contribution in [-0.4, -0.2) is 61.0 Å². The van der Waals surface area contributed by atoms with Gasteiger partial charge >= 0.3 is 6.18 Å². The third-order valence-electron chi connectivity index (χ3n) is 5.83. The Morgan fingerprint density at radius 3 is 2.39 bits per heavy atom. The molecule has 0 unspecified atom stereocenters. The van der Waals surface area contributed by atoms with Gasteiger partial charge in [-0.25, -0.2) is 18.4 Å². The second kappa shape index (κ2) is 8.84. The zero-order chi connectivity index (χ0) is 22.2. The Balaban J connectivity index is 1.50. The fourth-order valence-corrected chi connectivity index (χ4v) is 6.86. The van der Waals surface area contributed by atoms with Crippen LogP contribution in [-0.2, 0) is 16.0 Å². The van der Waals surface area contributed by atoms with E-state index >= 15 is 0 Å². The highest BCUT2D eigenvalue weighted by Gasteiger charge is 2.35. The minimum Gasteiger partial charge on any atom is -0.338 e. The highest BCUT2D eigenvalue weighted by Crippen LogP contribution is 2.35. The number of piperazine rings is 1. The molecule has 4 rings (SSSR count). The molecule has 0 aromatic carbocycles. The van der Waals surface area contributed by atoms with Crippen molar-refractivity contribution >= 4 is 38.7 Å². The predicted octanol–water partition coefficient (Wildman–Crippen LogP) is 3.90. The van der Waals surface area contributed by atoms with Gasteiger partial charge < -0.3 is 4.90 Å². The molecule has 2 fully saturated rings. The summed E-state index contributed by atoms with van der Waals surface area (Å²) in [6.07, 6.45) is -1.53. The Morgan fingerprint density at radius 2 is 1.81 bits per heavy atom. The standard InChI is InChI=1S/C19H22ClF3N4O2S2/c20-17-2-1-16(30-17)15-12-27(18-24-9-14(10-25-18)19(21,22)23)6-5-26(15)11-13-3-7-31(28,29)8-4-13/h1-2,9-10,13,15H,3-8,11-12H2/t15-/m0/s1. The monoisotopic (exact) mass is 494 g/mol. The Labute approximate surface area is 188 Å². The number of thiophene rings is 1. The topological polar surface area (TPSA) is 66.4 Å². The van der Waals surface area contributed by atoms with Crippen molar-refractivity contribution in [3.63, 3.8) is 0 Å². The number of aromatic nitrogens is 2. The number of hydrogen-bond donors (Lipinski definition) is 0. The summed E-state index contributed by atoms with van der Waals surface area (Å²) in [4.78, 5) is 13.2. The molecule has 0 N–H and O–H groups in total. The van der Waals surface area contributed by atoms with Crippen molar-refractivity contribution in [1.29, 1.82) is 0 Å². The first kappa shape index (κ1) is 22.8. The second-order valence-electron chi connectivity index (χ2n) is 7.96. The molecule has 4 heterocycles. The predicted molar refractivity (Wildman–Crippen MR) is 114 cm³/mol. The highest BCUT2D eigenvalue weighted by atomic mass is 35.5. The SMILES string of the molecule is O=S1(=O)CCC(CN2CCN(c3ncc(C(F)(F)F)cn3)C[C@H]2c2ccc(Cl)s2)CC1. The first-order valence-electron chi connectivity index (χ1n) is 9.94. The van der Waals surface area contributed by atoms with Crippen LogP contribution in [0, 0.1) is 5.92 Å². The zero-order valence-electron chi connectivity index (χ0n) is 16.6. The highest BCUT2D eigenvalue weighted by molar-refractivity contribution is 7.91. The molecular formula is C19H22ClF3N4O2S2. The second-order valence-corrected chi connectivity index (χ2v) is 12.0. The maximum Gasteiger partial charge on any atom is 0.419 e. The third-order valence-corrected chi connectivity index (χ3v) is 8.88. The Kier molecular flexibility index (Phi) is 6.49. The average molecular weight is 495 g/mol. The largest absolute Gasteiger partial charge is 0.419 e. The van der Waals surface area contributed by atoms with Gasteiger partial charge in [-0.05, 0) is 30.9 Å². The molecule has 0 amide bonds. The molecule has 6 nitrogen and oxygen atoms in total. The molecular weight excluding hydrogens is 473 g/mol. The van der Waals surface area contributed by atoms with Crippen LogP contribution < -0.4 is 4.90 Å². The van der Waals surface area contributed by atoms with Gasteiger partial charge in [0.15, 0.2) is 0 Å². The quantitative estimate of drug-likeness (QED) is 0.642. The summed E-state index contributed by atoms with van der Waals surface area (Å²) in [7, 11) is -2.92. The number of hydrogen-bond acceptors (Lipinski definition) is 7. The molecule has 2 aromatic heterocycles. The van der Waals surface area contributed by atoms with E-state index in [1.165, 1.54) is 11.3 Å². The van der Waals surface area contributed by atoms with Crippen molar-refractivity contribution in [2.75, 3.05) is 42.6 Å². The van der Waals surface area contributed by atoms with Gasteiger partial charge in [0.25, 0.3) is 0 Å². The summed E-state index contributed by atoms with van der Waals surface area (Å²) < 4.78 is 62.6. The summed E-state index contributed by atoms with van der Waals surface area (Å²) in [5, 5.41) is 0. The first-order valence-corrected chi connectivity index (χ1v) is 13.0. The number of nitrogens with zero attached hydrogens (tertiary/aromatic N) is 4. The molecule has 0 spiro atoms. The molecule has 12 heteroatoms. The lowest BCUT2D eigenvalue weighted by Crippen LogP contribution is -2.50. The van der Waals surface area contributed by atoms with Crippen LogP contribution >= 0.6 is 22.9 Å². The van der Waals surface area contributed by atoms with Crippen LogP contribution in [0.2, 0.25) is 4.34 Å². The summed E-state index contributed by atoms with van der Waals surface area (Å²) in [6, 6.07) is 3.78. The van der Waals surface area contributed by atoms with Crippen LogP contribution in [0.5, 0.6) is 0 Å². The number of sulfone groups is 1. The summed E-state index contributed by atoms with van der Waals surface area (Å²) in [6.45, 7) is 2.55. The van der Waals surface area contributed by atoms with Gasteiger partial charge in [0.05, 0.1) is 27.4 Å². The van der Waals surface area contributed by atoms with Gasteiger partial charge in [0, 0.05) is 43.4 Å². The summed E-state index contributed by atoms with van der Waals surface area (Å²) in [5.41, 5.74) is -0.872. The van der Waals surface area contributed by atoms with Gasteiger partial charge in [-0.15, -0.1) is 11.3 Å². The van der Waals surface area contributed by atoms with Crippen molar-refractivity contribution in [1.82, 2.24) is 14.9 Å². The normalized spacial score (nSPS) is 23.2. The van der Waals surface area contributed by atoms with E-state index in [4.69, 9.17) is 11.6 Å². The van der Waals surface area contributed by atoms with Crippen LogP contribution in [0.15, 0.2) is 24.5 Å². The average Bonchev–Trinajstić information content (AvgIpc) is 3.15. The first-order chi connectivity index (χ1) is 14.6. The van der Waals surface area contributed by atoms with Crippen LogP contribution in [0.25, 0.3) is 0 Å². The Morgan fingerprint density at radius 1 is 1.13 bits per heavy atom. The maximum atomic E-state index is 12.8. The lowest BCUT2D eigenvalue weighted by molar-refractivity contribution is -0.138. The number of alkyl halides is 3. The summed E-state index contributed by atoms with van der Waals surface area (Å²) >= 11 is 7.63. The Hall–Kier alpha value is -1.43. The van der Waals surface area contributed by atoms with Crippen molar-refractivity contribution in [3.8, 4) is 0 Å². The number of anilines is 1. The molecule has 2 aliphatic heterocycles. The lowest BCUT2D eigenvalue weighted by atomic mass is 10.00. The molecule has 0 radical (unpaired) electrons. The Bertz CT molecular complexity index is 1000. The molecule has 0 saturated carbocycles. The van der Waals surface area contributed by atoms with E-state index in [-0.39, 0.29) is 23.5 Å². The van der Waals surface area contributed by atoms with E-state index in [1.54, 1.807) is 0 Å². The van der Waals surface area contributed by atoms with Crippen LogP contribution in [0.4, 0.5) is 19.1 Å². The van der Waals surface area contributed by atoms with Gasteiger partial charge in [-0.3, -0.25) is 4.90 Å². The number of halogens is 4. The van der Waals surface area contributed by atoms with Crippen molar-refractivity contribution in [3.05, 3.63) is 39.3 Å². The number of rotatable bonds is 4. The summed E-state index contributed by atoms with van der Waals surface area (Å²) in [5.74, 6) is 1.03. The fraction of sp³-hybridized carbons (Fsp3) is 0.579. The minimum absolute atomic E-state index is 0.0179. The lowest BCUT2D eigenvalue weighted by Gasteiger charge is -2.43. The molecule has 0 bridgehead atoms. The van der Waals surface area contributed by atoms with Crippen molar-refractivity contribution < 1.29 is 21.6 Å². The van der Waals surface area contributed by atoms with Crippen LogP contribution in [0.3, 0.4) is 0 Å².